The second-order valence-electron chi connectivity index (χ2n) is 7.63. The van der Waals surface area contributed by atoms with Crippen molar-refractivity contribution in [2.75, 3.05) is 13.1 Å². The highest BCUT2D eigenvalue weighted by molar-refractivity contribution is 6.30. The summed E-state index contributed by atoms with van der Waals surface area (Å²) in [6.45, 7) is 11.3. The Balaban J connectivity index is 1.71. The number of rotatable bonds is 5. The van der Waals surface area contributed by atoms with Gasteiger partial charge in [0.15, 0.2) is 5.78 Å². The van der Waals surface area contributed by atoms with E-state index in [1.54, 1.807) is 12.1 Å². The number of benzene rings is 1. The minimum absolute atomic E-state index is 0.0608. The summed E-state index contributed by atoms with van der Waals surface area (Å²) in [5, 5.41) is 5.36. The average molecular weight is 374 g/mol. The Hall–Kier alpha value is -1.65. The quantitative estimate of drug-likeness (QED) is 0.704. The van der Waals surface area contributed by atoms with Crippen LogP contribution in [0.4, 0.5) is 0 Å². The molecule has 2 heterocycles. The number of likely N-dealkylation sites (tertiary alicyclic amines) is 1. The number of carbonyl (C=O) groups excluding carboxylic acids is 1. The first kappa shape index (κ1) is 19.1. The lowest BCUT2D eigenvalue weighted by molar-refractivity contribution is 0.0811. The molecule has 1 saturated heterocycles. The van der Waals surface area contributed by atoms with Gasteiger partial charge in [0, 0.05) is 46.9 Å². The van der Waals surface area contributed by atoms with E-state index >= 15 is 0 Å². The molecule has 0 spiro atoms. The molecule has 1 atom stereocenters. The van der Waals surface area contributed by atoms with Gasteiger partial charge in [0.2, 0.25) is 0 Å². The van der Waals surface area contributed by atoms with Gasteiger partial charge in [-0.25, -0.2) is 0 Å². The number of hydrogen-bond donors (Lipinski definition) is 0. The van der Waals surface area contributed by atoms with Gasteiger partial charge in [0.05, 0.1) is 5.69 Å². The maximum atomic E-state index is 12.9. The predicted molar refractivity (Wildman–Crippen MR) is 106 cm³/mol. The molecule has 5 heteroatoms. The van der Waals surface area contributed by atoms with Crippen molar-refractivity contribution in [2.45, 2.75) is 53.1 Å². The Bertz CT molecular complexity index is 779. The average Bonchev–Trinajstić information content (AvgIpc) is 2.90. The zero-order valence-electron chi connectivity index (χ0n) is 16.1. The molecule has 1 fully saturated rings. The Morgan fingerprint density at radius 3 is 2.58 bits per heavy atom. The molecule has 26 heavy (non-hydrogen) atoms. The fraction of sp³-hybridized carbons (Fsp3) is 0.524. The molecule has 0 N–H and O–H groups in total. The molecule has 0 radical (unpaired) electrons. The van der Waals surface area contributed by atoms with Crippen LogP contribution in [0.5, 0.6) is 0 Å². The second-order valence-corrected chi connectivity index (χ2v) is 8.07. The molecule has 1 aromatic heterocycles. The highest BCUT2D eigenvalue weighted by atomic mass is 35.5. The number of ketones is 1. The zero-order chi connectivity index (χ0) is 18.8. The topological polar surface area (TPSA) is 38.1 Å². The normalized spacial score (nSPS) is 18.5. The lowest BCUT2D eigenvalue weighted by Crippen LogP contribution is -2.38. The third kappa shape index (κ3) is 4.02. The fourth-order valence-corrected chi connectivity index (χ4v) is 4.04. The third-order valence-electron chi connectivity index (χ3n) is 5.35. The maximum Gasteiger partial charge on any atom is 0.167 e. The number of Topliss-reactive ketones (excluding diaryl/α,β-unsaturated/α-hetero) is 1. The largest absolute Gasteiger partial charge is 0.298 e. The van der Waals surface area contributed by atoms with E-state index in [9.17, 15) is 4.79 Å². The van der Waals surface area contributed by atoms with Gasteiger partial charge in [0.1, 0.15) is 0 Å². The van der Waals surface area contributed by atoms with Crippen LogP contribution in [0.25, 0.3) is 0 Å². The predicted octanol–water partition coefficient (Wildman–Crippen LogP) is 4.83. The maximum absolute atomic E-state index is 12.9. The molecular formula is C21H28ClN3O. The van der Waals surface area contributed by atoms with Crippen molar-refractivity contribution in [3.8, 4) is 0 Å². The lowest BCUT2D eigenvalue weighted by Gasteiger charge is -2.32. The van der Waals surface area contributed by atoms with Gasteiger partial charge in [-0.05, 0) is 71.3 Å². The van der Waals surface area contributed by atoms with Crippen molar-refractivity contribution in [1.82, 2.24) is 14.7 Å². The Labute approximate surface area is 161 Å². The molecule has 1 aromatic carbocycles. The highest BCUT2D eigenvalue weighted by Gasteiger charge is 2.27. The van der Waals surface area contributed by atoms with Crippen LogP contribution in [0.3, 0.4) is 0 Å². The molecule has 140 valence electrons. The molecule has 1 aliphatic rings. The number of hydrogen-bond acceptors (Lipinski definition) is 3. The van der Waals surface area contributed by atoms with E-state index in [0.717, 1.165) is 43.7 Å². The Morgan fingerprint density at radius 2 is 1.96 bits per heavy atom. The van der Waals surface area contributed by atoms with Crippen LogP contribution in [0.1, 0.15) is 60.0 Å². The van der Waals surface area contributed by atoms with Gasteiger partial charge < -0.3 is 0 Å². The molecular weight excluding hydrogens is 346 g/mol. The SMILES string of the molecule is Cc1nn(C(C)C)c(C)c1CN1CCCC(C(=O)c2ccc(Cl)cc2)C1. The first-order chi connectivity index (χ1) is 12.4. The summed E-state index contributed by atoms with van der Waals surface area (Å²) < 4.78 is 2.10. The number of piperidine rings is 1. The second kappa shape index (κ2) is 7.93. The fourth-order valence-electron chi connectivity index (χ4n) is 3.92. The van der Waals surface area contributed by atoms with E-state index in [1.807, 2.05) is 12.1 Å². The van der Waals surface area contributed by atoms with E-state index in [-0.39, 0.29) is 11.7 Å². The van der Waals surface area contributed by atoms with E-state index in [1.165, 1.54) is 11.3 Å². The van der Waals surface area contributed by atoms with Crippen molar-refractivity contribution in [2.24, 2.45) is 5.92 Å². The van der Waals surface area contributed by atoms with E-state index < -0.39 is 0 Å². The van der Waals surface area contributed by atoms with Crippen LogP contribution in [-0.2, 0) is 6.54 Å². The third-order valence-corrected chi connectivity index (χ3v) is 5.60. The first-order valence-corrected chi connectivity index (χ1v) is 9.81. The summed E-state index contributed by atoms with van der Waals surface area (Å²) in [5.74, 6) is 0.295. The summed E-state index contributed by atoms with van der Waals surface area (Å²) in [6.07, 6.45) is 2.02. The summed E-state index contributed by atoms with van der Waals surface area (Å²) in [7, 11) is 0. The molecule has 2 aromatic rings. The van der Waals surface area contributed by atoms with Gasteiger partial charge in [0.25, 0.3) is 0 Å². The number of aryl methyl sites for hydroxylation is 1. The molecule has 0 saturated carbocycles. The lowest BCUT2D eigenvalue weighted by atomic mass is 9.90. The molecule has 1 aliphatic heterocycles. The van der Waals surface area contributed by atoms with Crippen molar-refractivity contribution in [1.29, 1.82) is 0 Å². The van der Waals surface area contributed by atoms with Gasteiger partial charge in [-0.2, -0.15) is 5.10 Å². The van der Waals surface area contributed by atoms with Crippen LogP contribution in [0.2, 0.25) is 5.02 Å². The van der Waals surface area contributed by atoms with Crippen LogP contribution >= 0.6 is 11.6 Å². The monoisotopic (exact) mass is 373 g/mol. The minimum atomic E-state index is 0.0608. The zero-order valence-corrected chi connectivity index (χ0v) is 16.9. The van der Waals surface area contributed by atoms with Crippen molar-refractivity contribution in [3.05, 3.63) is 51.8 Å². The van der Waals surface area contributed by atoms with Crippen LogP contribution in [0, 0.1) is 19.8 Å². The standard InChI is InChI=1S/C21H28ClN3O/c1-14(2)25-16(4)20(15(3)23-25)13-24-11-5-6-18(12-24)21(26)17-7-9-19(22)10-8-17/h7-10,14,18H,5-6,11-13H2,1-4H3. The van der Waals surface area contributed by atoms with Crippen molar-refractivity contribution >= 4 is 17.4 Å². The van der Waals surface area contributed by atoms with Crippen LogP contribution in [-0.4, -0.2) is 33.6 Å². The minimum Gasteiger partial charge on any atom is -0.298 e. The number of nitrogens with zero attached hydrogens (tertiary/aromatic N) is 3. The highest BCUT2D eigenvalue weighted by Crippen LogP contribution is 2.25. The van der Waals surface area contributed by atoms with Crippen molar-refractivity contribution in [3.63, 3.8) is 0 Å². The van der Waals surface area contributed by atoms with Crippen LogP contribution in [0.15, 0.2) is 24.3 Å². The number of carbonyl (C=O) groups is 1. The van der Waals surface area contributed by atoms with Gasteiger partial charge in [-0.15, -0.1) is 0 Å². The van der Waals surface area contributed by atoms with Crippen LogP contribution < -0.4 is 0 Å². The van der Waals surface area contributed by atoms with E-state index in [4.69, 9.17) is 16.7 Å². The summed E-state index contributed by atoms with van der Waals surface area (Å²) in [4.78, 5) is 15.3. The molecule has 0 bridgehead atoms. The van der Waals surface area contributed by atoms with E-state index in [2.05, 4.69) is 37.3 Å². The van der Waals surface area contributed by atoms with Crippen molar-refractivity contribution < 1.29 is 4.79 Å². The Morgan fingerprint density at radius 1 is 1.27 bits per heavy atom. The molecule has 0 aliphatic carbocycles. The van der Waals surface area contributed by atoms with Gasteiger partial charge >= 0.3 is 0 Å². The van der Waals surface area contributed by atoms with E-state index in [0.29, 0.717) is 11.1 Å². The summed E-state index contributed by atoms with van der Waals surface area (Å²) in [6, 6.07) is 7.63. The Kier molecular flexibility index (Phi) is 5.83. The molecule has 1 unspecified atom stereocenters. The smallest absolute Gasteiger partial charge is 0.167 e. The first-order valence-electron chi connectivity index (χ1n) is 9.43. The molecule has 3 rings (SSSR count). The summed E-state index contributed by atoms with van der Waals surface area (Å²) >= 11 is 5.94. The van der Waals surface area contributed by atoms with Gasteiger partial charge in [-0.3, -0.25) is 14.4 Å². The summed E-state index contributed by atoms with van der Waals surface area (Å²) in [5.41, 5.74) is 4.41. The molecule has 4 nitrogen and oxygen atoms in total. The number of aromatic nitrogens is 2. The van der Waals surface area contributed by atoms with Gasteiger partial charge in [-0.1, -0.05) is 11.6 Å². The molecule has 0 amide bonds. The number of halogens is 1.